The monoisotopic (exact) mass is 417 g/mol. The molecule has 0 saturated heterocycles. The summed E-state index contributed by atoms with van der Waals surface area (Å²) in [4.78, 5) is 33.2. The van der Waals surface area contributed by atoms with Crippen molar-refractivity contribution in [2.45, 2.75) is 25.1 Å². The summed E-state index contributed by atoms with van der Waals surface area (Å²) in [5.74, 6) is -1.30. The molecule has 1 amide bonds. The summed E-state index contributed by atoms with van der Waals surface area (Å²) in [5.41, 5.74) is 1.11. The van der Waals surface area contributed by atoms with Crippen LogP contribution in [0.2, 0.25) is 0 Å². The Morgan fingerprint density at radius 2 is 1.83 bits per heavy atom. The highest BCUT2D eigenvalue weighted by Crippen LogP contribution is 2.29. The number of hydrogen-bond donors (Lipinski definition) is 1. The molecule has 1 heterocycles. The molecule has 3 aromatic rings. The standard InChI is InChI=1S/C21H18F3N3O3/c1-30-20(29)18(11-15-12-25-16-7-2-3-8-17(16)26-15)27-19(28)10-13-5-4-6-14(9-13)21(22,23)24/h2-9,12,18H,10-11H2,1H3,(H,27,28)/t18-/m0/s1. The van der Waals surface area contributed by atoms with Gasteiger partial charge in [-0.2, -0.15) is 13.2 Å². The van der Waals surface area contributed by atoms with E-state index >= 15 is 0 Å². The van der Waals surface area contributed by atoms with Gasteiger partial charge >= 0.3 is 12.1 Å². The third-order valence-corrected chi connectivity index (χ3v) is 4.35. The highest BCUT2D eigenvalue weighted by atomic mass is 19.4. The normalized spacial score (nSPS) is 12.4. The molecule has 9 heteroatoms. The molecule has 0 fully saturated rings. The maximum Gasteiger partial charge on any atom is 0.416 e. The Hall–Kier alpha value is -3.49. The van der Waals surface area contributed by atoms with Crippen LogP contribution in [0.25, 0.3) is 11.0 Å². The van der Waals surface area contributed by atoms with Gasteiger partial charge in [-0.05, 0) is 23.8 Å². The van der Waals surface area contributed by atoms with E-state index in [0.29, 0.717) is 16.7 Å². The molecule has 0 radical (unpaired) electrons. The number of hydrogen-bond acceptors (Lipinski definition) is 5. The number of fused-ring (bicyclic) bond motifs is 1. The number of amides is 1. The first-order valence-electron chi connectivity index (χ1n) is 9.00. The Morgan fingerprint density at radius 1 is 1.10 bits per heavy atom. The van der Waals surface area contributed by atoms with Crippen LogP contribution in [-0.4, -0.2) is 35.0 Å². The number of benzene rings is 2. The largest absolute Gasteiger partial charge is 0.467 e. The van der Waals surface area contributed by atoms with Crippen LogP contribution in [0.15, 0.2) is 54.7 Å². The van der Waals surface area contributed by atoms with Gasteiger partial charge in [-0.1, -0.05) is 30.3 Å². The summed E-state index contributed by atoms with van der Waals surface area (Å²) in [6, 6.07) is 10.6. The molecule has 0 bridgehead atoms. The zero-order chi connectivity index (χ0) is 21.7. The van der Waals surface area contributed by atoms with Crippen molar-refractivity contribution in [3.8, 4) is 0 Å². The second-order valence-electron chi connectivity index (χ2n) is 6.57. The number of halogens is 3. The molecule has 0 spiro atoms. The molecular formula is C21H18F3N3O3. The topological polar surface area (TPSA) is 81.2 Å². The van der Waals surface area contributed by atoms with Crippen LogP contribution in [0.3, 0.4) is 0 Å². The lowest BCUT2D eigenvalue weighted by Gasteiger charge is -2.16. The molecular weight excluding hydrogens is 399 g/mol. The van der Waals surface area contributed by atoms with Crippen LogP contribution in [-0.2, 0) is 33.3 Å². The van der Waals surface area contributed by atoms with Gasteiger partial charge in [0.15, 0.2) is 0 Å². The van der Waals surface area contributed by atoms with E-state index in [2.05, 4.69) is 15.3 Å². The van der Waals surface area contributed by atoms with Crippen LogP contribution in [0.5, 0.6) is 0 Å². The number of ether oxygens (including phenoxy) is 1. The summed E-state index contributed by atoms with van der Waals surface area (Å²) in [6.07, 6.45) is -3.30. The van der Waals surface area contributed by atoms with Crippen molar-refractivity contribution in [1.82, 2.24) is 15.3 Å². The van der Waals surface area contributed by atoms with Crippen molar-refractivity contribution in [3.63, 3.8) is 0 Å². The van der Waals surface area contributed by atoms with E-state index < -0.39 is 29.7 Å². The van der Waals surface area contributed by atoms with E-state index in [4.69, 9.17) is 4.74 Å². The molecule has 3 rings (SSSR count). The SMILES string of the molecule is COC(=O)[C@H](Cc1cnc2ccccc2n1)NC(=O)Cc1cccc(C(F)(F)F)c1. The summed E-state index contributed by atoms with van der Waals surface area (Å²) in [5, 5.41) is 2.51. The highest BCUT2D eigenvalue weighted by Gasteiger charge is 2.30. The van der Waals surface area contributed by atoms with E-state index in [9.17, 15) is 22.8 Å². The van der Waals surface area contributed by atoms with Crippen molar-refractivity contribution in [2.75, 3.05) is 7.11 Å². The minimum Gasteiger partial charge on any atom is -0.467 e. The van der Waals surface area contributed by atoms with Gasteiger partial charge in [0.05, 0.1) is 35.8 Å². The molecule has 1 aromatic heterocycles. The Morgan fingerprint density at radius 3 is 2.53 bits per heavy atom. The van der Waals surface area contributed by atoms with Gasteiger partial charge in [0.2, 0.25) is 5.91 Å². The lowest BCUT2D eigenvalue weighted by molar-refractivity contribution is -0.145. The Labute approximate surface area is 170 Å². The molecule has 2 aromatic carbocycles. The molecule has 0 aliphatic carbocycles. The third-order valence-electron chi connectivity index (χ3n) is 4.35. The lowest BCUT2D eigenvalue weighted by Crippen LogP contribution is -2.43. The maximum absolute atomic E-state index is 12.8. The number of nitrogens with one attached hydrogen (secondary N) is 1. The molecule has 0 unspecified atom stereocenters. The average Bonchev–Trinajstić information content (AvgIpc) is 2.72. The molecule has 0 aliphatic rings. The number of esters is 1. The molecule has 6 nitrogen and oxygen atoms in total. The van der Waals surface area contributed by atoms with Gasteiger partial charge in [0, 0.05) is 12.6 Å². The van der Waals surface area contributed by atoms with Gasteiger partial charge in [-0.15, -0.1) is 0 Å². The van der Waals surface area contributed by atoms with Crippen LogP contribution in [0, 0.1) is 0 Å². The van der Waals surface area contributed by atoms with Gasteiger partial charge < -0.3 is 10.1 Å². The van der Waals surface area contributed by atoms with E-state index in [-0.39, 0.29) is 18.4 Å². The fourth-order valence-electron chi connectivity index (χ4n) is 2.93. The minimum atomic E-state index is -4.50. The Bertz CT molecular complexity index is 1070. The number of rotatable bonds is 6. The first-order valence-corrected chi connectivity index (χ1v) is 9.00. The maximum atomic E-state index is 12.8. The molecule has 1 atom stereocenters. The van der Waals surface area contributed by atoms with Crippen molar-refractivity contribution < 1.29 is 27.5 Å². The van der Waals surface area contributed by atoms with Crippen LogP contribution < -0.4 is 5.32 Å². The second-order valence-corrected chi connectivity index (χ2v) is 6.57. The van der Waals surface area contributed by atoms with E-state index in [1.807, 2.05) is 6.07 Å². The Kier molecular flexibility index (Phi) is 6.29. The highest BCUT2D eigenvalue weighted by molar-refractivity contribution is 5.86. The smallest absolute Gasteiger partial charge is 0.416 e. The number of aromatic nitrogens is 2. The first kappa shape index (κ1) is 21.2. The van der Waals surface area contributed by atoms with E-state index in [0.717, 1.165) is 12.1 Å². The Balaban J connectivity index is 1.72. The summed E-state index contributed by atoms with van der Waals surface area (Å²) in [6.45, 7) is 0. The minimum absolute atomic E-state index is 0.0266. The molecule has 30 heavy (non-hydrogen) atoms. The van der Waals surface area contributed by atoms with Crippen molar-refractivity contribution >= 4 is 22.9 Å². The molecule has 156 valence electrons. The van der Waals surface area contributed by atoms with Gasteiger partial charge in [-0.25, -0.2) is 9.78 Å². The van der Waals surface area contributed by atoms with E-state index in [1.54, 1.807) is 18.2 Å². The summed E-state index contributed by atoms with van der Waals surface area (Å²) < 4.78 is 43.3. The summed E-state index contributed by atoms with van der Waals surface area (Å²) >= 11 is 0. The lowest BCUT2D eigenvalue weighted by atomic mass is 10.1. The van der Waals surface area contributed by atoms with Crippen LogP contribution in [0.4, 0.5) is 13.2 Å². The van der Waals surface area contributed by atoms with Gasteiger partial charge in [0.25, 0.3) is 0 Å². The zero-order valence-corrected chi connectivity index (χ0v) is 15.9. The number of alkyl halides is 3. The average molecular weight is 417 g/mol. The number of carbonyl (C=O) groups excluding carboxylic acids is 2. The predicted molar refractivity (Wildman–Crippen MR) is 102 cm³/mol. The molecule has 0 aliphatic heterocycles. The fraction of sp³-hybridized carbons (Fsp3) is 0.238. The van der Waals surface area contributed by atoms with Crippen molar-refractivity contribution in [3.05, 3.63) is 71.5 Å². The number of nitrogens with zero attached hydrogens (tertiary/aromatic N) is 2. The van der Waals surface area contributed by atoms with Gasteiger partial charge in [0.1, 0.15) is 6.04 Å². The molecule has 0 saturated carbocycles. The third kappa shape index (κ3) is 5.31. The number of para-hydroxylation sites is 2. The zero-order valence-electron chi connectivity index (χ0n) is 15.9. The van der Waals surface area contributed by atoms with E-state index in [1.165, 1.54) is 25.4 Å². The number of carbonyl (C=O) groups is 2. The molecule has 1 N–H and O–H groups in total. The van der Waals surface area contributed by atoms with Crippen molar-refractivity contribution in [1.29, 1.82) is 0 Å². The predicted octanol–water partition coefficient (Wildman–Crippen LogP) is 3.09. The van der Waals surface area contributed by atoms with Crippen LogP contribution >= 0.6 is 0 Å². The van der Waals surface area contributed by atoms with Crippen molar-refractivity contribution in [2.24, 2.45) is 0 Å². The first-order chi connectivity index (χ1) is 14.3. The quantitative estimate of drug-likeness (QED) is 0.624. The number of methoxy groups -OCH3 is 1. The summed E-state index contributed by atoms with van der Waals surface area (Å²) in [7, 11) is 1.18. The second kappa shape index (κ2) is 8.89. The fourth-order valence-corrected chi connectivity index (χ4v) is 2.93. The van der Waals surface area contributed by atoms with Crippen LogP contribution in [0.1, 0.15) is 16.8 Å². The van der Waals surface area contributed by atoms with Gasteiger partial charge in [-0.3, -0.25) is 9.78 Å².